The Kier molecular flexibility index (Phi) is 3.19. The van der Waals surface area contributed by atoms with Crippen LogP contribution in [0.15, 0.2) is 24.5 Å². The molecule has 0 fully saturated rings. The van der Waals surface area contributed by atoms with Gasteiger partial charge in [-0.25, -0.2) is 9.18 Å². The van der Waals surface area contributed by atoms with Gasteiger partial charge in [-0.2, -0.15) is 0 Å². The lowest BCUT2D eigenvalue weighted by Crippen LogP contribution is -2.10. The molecule has 1 heterocycles. The minimum absolute atomic E-state index is 0.101. The van der Waals surface area contributed by atoms with Gasteiger partial charge in [0.05, 0.1) is 17.6 Å². The summed E-state index contributed by atoms with van der Waals surface area (Å²) in [6.45, 7) is 0. The summed E-state index contributed by atoms with van der Waals surface area (Å²) in [4.78, 5) is 19.1. The summed E-state index contributed by atoms with van der Waals surface area (Å²) in [5.74, 6) is -0.973. The Bertz CT molecular complexity index is 576. The van der Waals surface area contributed by atoms with Crippen molar-refractivity contribution in [1.29, 1.82) is 0 Å². The van der Waals surface area contributed by atoms with Crippen molar-refractivity contribution in [3.63, 3.8) is 0 Å². The van der Waals surface area contributed by atoms with Crippen LogP contribution in [-0.2, 0) is 9.53 Å². The third-order valence-corrected chi connectivity index (χ3v) is 2.59. The van der Waals surface area contributed by atoms with Crippen LogP contribution in [0, 0.1) is 0 Å². The van der Waals surface area contributed by atoms with Gasteiger partial charge >= 0.3 is 5.97 Å². The van der Waals surface area contributed by atoms with E-state index in [1.165, 1.54) is 24.5 Å². The van der Waals surface area contributed by atoms with Gasteiger partial charge in [0.15, 0.2) is 0 Å². The number of esters is 1. The molecule has 0 bridgehead atoms. The van der Waals surface area contributed by atoms with Gasteiger partial charge < -0.3 is 4.74 Å². The molecule has 1 atom stereocenters. The molecule has 1 aromatic carbocycles. The molecule has 0 aliphatic rings. The van der Waals surface area contributed by atoms with Crippen molar-refractivity contribution in [2.24, 2.45) is 0 Å². The number of ether oxygens (including phenoxy) is 1. The second-order valence-corrected chi connectivity index (χ2v) is 3.68. The number of methoxy groups -OCH3 is 1. The Morgan fingerprint density at radius 1 is 1.35 bits per heavy atom. The molecule has 2 aromatic rings. The maximum absolute atomic E-state index is 13.8. The topological polar surface area (TPSA) is 52.1 Å². The van der Waals surface area contributed by atoms with E-state index in [0.29, 0.717) is 10.5 Å². The highest BCUT2D eigenvalue weighted by atomic mass is 35.5. The largest absolute Gasteiger partial charge is 0.467 e. The quantitative estimate of drug-likeness (QED) is 0.773. The first-order chi connectivity index (χ1) is 8.15. The molecule has 0 saturated heterocycles. The number of carbonyl (C=O) groups excluding carboxylic acids is 1. The van der Waals surface area contributed by atoms with Crippen molar-refractivity contribution < 1.29 is 13.9 Å². The molecule has 2 rings (SSSR count). The van der Waals surface area contributed by atoms with Gasteiger partial charge in [-0.3, -0.25) is 9.97 Å². The van der Waals surface area contributed by atoms with E-state index in [4.69, 9.17) is 11.6 Å². The number of carbonyl (C=O) groups is 1. The lowest BCUT2D eigenvalue weighted by atomic mass is 10.1. The maximum Gasteiger partial charge on any atom is 0.345 e. The van der Waals surface area contributed by atoms with Crippen molar-refractivity contribution in [3.05, 3.63) is 35.1 Å². The maximum atomic E-state index is 13.8. The van der Waals surface area contributed by atoms with Crippen LogP contribution in [0.3, 0.4) is 0 Å². The molecule has 0 aliphatic carbocycles. The standard InChI is InChI=1S/C11H8ClFN2O2/c1-17-11(16)8(13)6-2-3-7(12)10-9(6)14-4-5-15-10/h2-5,8H,1H3. The highest BCUT2D eigenvalue weighted by Gasteiger charge is 2.24. The zero-order chi connectivity index (χ0) is 12.4. The minimum Gasteiger partial charge on any atom is -0.467 e. The van der Waals surface area contributed by atoms with Crippen LogP contribution < -0.4 is 0 Å². The Morgan fingerprint density at radius 3 is 2.65 bits per heavy atom. The highest BCUT2D eigenvalue weighted by Crippen LogP contribution is 2.29. The van der Waals surface area contributed by atoms with E-state index in [-0.39, 0.29) is 11.1 Å². The fourth-order valence-corrected chi connectivity index (χ4v) is 1.68. The second kappa shape index (κ2) is 4.63. The monoisotopic (exact) mass is 254 g/mol. The minimum atomic E-state index is -1.89. The van der Waals surface area contributed by atoms with E-state index in [2.05, 4.69) is 14.7 Å². The summed E-state index contributed by atoms with van der Waals surface area (Å²) < 4.78 is 18.2. The number of rotatable bonds is 2. The molecule has 0 saturated carbocycles. The van der Waals surface area contributed by atoms with Gasteiger partial charge in [0.1, 0.15) is 5.52 Å². The molecule has 0 N–H and O–H groups in total. The van der Waals surface area contributed by atoms with Crippen LogP contribution >= 0.6 is 11.6 Å². The van der Waals surface area contributed by atoms with Crippen LogP contribution in [0.25, 0.3) is 11.0 Å². The first-order valence-electron chi connectivity index (χ1n) is 4.76. The molecule has 0 aliphatic heterocycles. The zero-order valence-electron chi connectivity index (χ0n) is 8.85. The van der Waals surface area contributed by atoms with E-state index < -0.39 is 12.1 Å². The van der Waals surface area contributed by atoms with Crippen LogP contribution in [0.2, 0.25) is 5.02 Å². The molecular weight excluding hydrogens is 247 g/mol. The predicted molar refractivity (Wildman–Crippen MR) is 60.4 cm³/mol. The molecule has 0 amide bonds. The highest BCUT2D eigenvalue weighted by molar-refractivity contribution is 6.35. The molecule has 1 aromatic heterocycles. The average molecular weight is 255 g/mol. The first kappa shape index (κ1) is 11.7. The summed E-state index contributed by atoms with van der Waals surface area (Å²) in [5, 5.41) is 0.355. The number of aromatic nitrogens is 2. The van der Waals surface area contributed by atoms with Crippen LogP contribution in [0.1, 0.15) is 11.7 Å². The van der Waals surface area contributed by atoms with Crippen molar-refractivity contribution in [1.82, 2.24) is 9.97 Å². The predicted octanol–water partition coefficient (Wildman–Crippen LogP) is 2.47. The van der Waals surface area contributed by atoms with Crippen molar-refractivity contribution in [3.8, 4) is 0 Å². The summed E-state index contributed by atoms with van der Waals surface area (Å²) in [6.07, 6.45) is 0.965. The Hall–Kier alpha value is -1.75. The third kappa shape index (κ3) is 2.06. The van der Waals surface area contributed by atoms with E-state index in [1.54, 1.807) is 0 Å². The SMILES string of the molecule is COC(=O)C(F)c1ccc(Cl)c2nccnc12. The van der Waals surface area contributed by atoms with Crippen molar-refractivity contribution in [2.75, 3.05) is 7.11 Å². The number of hydrogen-bond donors (Lipinski definition) is 0. The molecule has 6 heteroatoms. The number of halogens is 2. The number of alkyl halides is 1. The van der Waals surface area contributed by atoms with Gasteiger partial charge in [0.25, 0.3) is 0 Å². The number of benzene rings is 1. The molecule has 0 spiro atoms. The Labute approximate surface area is 101 Å². The Morgan fingerprint density at radius 2 is 2.00 bits per heavy atom. The smallest absolute Gasteiger partial charge is 0.345 e. The van der Waals surface area contributed by atoms with Gasteiger partial charge in [-0.15, -0.1) is 0 Å². The summed E-state index contributed by atoms with van der Waals surface area (Å²) in [6, 6.07) is 2.88. The van der Waals surface area contributed by atoms with Crippen molar-refractivity contribution in [2.45, 2.75) is 6.17 Å². The lowest BCUT2D eigenvalue weighted by Gasteiger charge is -2.09. The van der Waals surface area contributed by atoms with Crippen LogP contribution in [0.5, 0.6) is 0 Å². The van der Waals surface area contributed by atoms with Crippen LogP contribution in [0.4, 0.5) is 4.39 Å². The molecular formula is C11H8ClFN2O2. The fraction of sp³-hybridized carbons (Fsp3) is 0.182. The molecule has 17 heavy (non-hydrogen) atoms. The van der Waals surface area contributed by atoms with Gasteiger partial charge in [0, 0.05) is 18.0 Å². The summed E-state index contributed by atoms with van der Waals surface area (Å²) >= 11 is 5.91. The number of nitrogens with zero attached hydrogens (tertiary/aromatic N) is 2. The van der Waals surface area contributed by atoms with Gasteiger partial charge in [-0.05, 0) is 6.07 Å². The van der Waals surface area contributed by atoms with Crippen molar-refractivity contribution >= 4 is 28.6 Å². The van der Waals surface area contributed by atoms with E-state index in [0.717, 1.165) is 7.11 Å². The van der Waals surface area contributed by atoms with E-state index in [1.807, 2.05) is 0 Å². The number of fused-ring (bicyclic) bond motifs is 1. The van der Waals surface area contributed by atoms with E-state index in [9.17, 15) is 9.18 Å². The summed E-state index contributed by atoms with van der Waals surface area (Å²) in [7, 11) is 1.12. The van der Waals surface area contributed by atoms with E-state index >= 15 is 0 Å². The molecule has 88 valence electrons. The van der Waals surface area contributed by atoms with Crippen LogP contribution in [-0.4, -0.2) is 23.0 Å². The van der Waals surface area contributed by atoms with Gasteiger partial charge in [0.2, 0.25) is 6.17 Å². The Balaban J connectivity index is 2.63. The summed E-state index contributed by atoms with van der Waals surface area (Å²) in [5.41, 5.74) is 0.723. The normalized spacial score (nSPS) is 12.4. The zero-order valence-corrected chi connectivity index (χ0v) is 9.61. The number of hydrogen-bond acceptors (Lipinski definition) is 4. The molecule has 1 unspecified atom stereocenters. The molecule has 0 radical (unpaired) electrons. The average Bonchev–Trinajstić information content (AvgIpc) is 2.38. The fourth-order valence-electron chi connectivity index (χ4n) is 1.48. The lowest BCUT2D eigenvalue weighted by molar-refractivity contribution is -0.146. The molecule has 4 nitrogen and oxygen atoms in total. The van der Waals surface area contributed by atoms with Gasteiger partial charge in [-0.1, -0.05) is 17.7 Å². The third-order valence-electron chi connectivity index (χ3n) is 2.29. The second-order valence-electron chi connectivity index (χ2n) is 3.28. The first-order valence-corrected chi connectivity index (χ1v) is 5.14.